The van der Waals surface area contributed by atoms with Gasteiger partial charge >= 0.3 is 0 Å². The largest absolute Gasteiger partial charge is 0.456 e. The Morgan fingerprint density at radius 2 is 1.08 bits per heavy atom. The fourth-order valence-corrected chi connectivity index (χ4v) is 8.54. The summed E-state index contributed by atoms with van der Waals surface area (Å²) < 4.78 is 12.6. The Hall–Kier alpha value is -7.88. The molecule has 3 nitrogen and oxygen atoms in total. The highest BCUT2D eigenvalue weighted by Gasteiger charge is 2.17. The van der Waals surface area contributed by atoms with E-state index in [4.69, 9.17) is 8.83 Å². The average molecular weight is 756 g/mol. The highest BCUT2D eigenvalue weighted by Crippen LogP contribution is 2.39. The quantitative estimate of drug-likeness (QED) is 0.145. The van der Waals surface area contributed by atoms with Crippen molar-refractivity contribution < 1.29 is 8.83 Å². The Morgan fingerprint density at radius 3 is 1.93 bits per heavy atom. The molecule has 11 aromatic rings. The molecule has 0 bridgehead atoms. The molecule has 0 spiro atoms. The van der Waals surface area contributed by atoms with E-state index in [1.165, 1.54) is 27.1 Å². The molecule has 11 rings (SSSR count). The van der Waals surface area contributed by atoms with Gasteiger partial charge in [0.25, 0.3) is 0 Å². The molecule has 0 radical (unpaired) electrons. The summed E-state index contributed by atoms with van der Waals surface area (Å²) in [7, 11) is 0. The van der Waals surface area contributed by atoms with E-state index in [2.05, 4.69) is 200 Å². The van der Waals surface area contributed by atoms with Gasteiger partial charge < -0.3 is 13.7 Å². The Bertz CT molecular complexity index is 3460. The van der Waals surface area contributed by atoms with E-state index in [-0.39, 0.29) is 0 Å². The van der Waals surface area contributed by atoms with Crippen LogP contribution in [-0.2, 0) is 0 Å². The van der Waals surface area contributed by atoms with Crippen LogP contribution in [0.25, 0.3) is 93.8 Å². The van der Waals surface area contributed by atoms with Crippen LogP contribution < -0.4 is 4.90 Å². The third-order valence-electron chi connectivity index (χ3n) is 11.4. The summed E-state index contributed by atoms with van der Waals surface area (Å²) in [6, 6.07) is 66.7. The number of furan rings is 2. The predicted molar refractivity (Wildman–Crippen MR) is 249 cm³/mol. The molecule has 0 unspecified atom stereocenters. The molecule has 2 heterocycles. The zero-order chi connectivity index (χ0) is 39.3. The molecule has 0 atom stereocenters. The fourth-order valence-electron chi connectivity index (χ4n) is 8.54. The zero-order valence-electron chi connectivity index (χ0n) is 32.2. The first-order chi connectivity index (χ1) is 29.2. The first-order valence-electron chi connectivity index (χ1n) is 19.9. The second-order valence-electron chi connectivity index (χ2n) is 15.0. The summed E-state index contributed by atoms with van der Waals surface area (Å²) >= 11 is 0. The first kappa shape index (κ1) is 34.4. The van der Waals surface area contributed by atoms with E-state index >= 15 is 0 Å². The summed E-state index contributed by atoms with van der Waals surface area (Å²) in [5.74, 6) is 0. The van der Waals surface area contributed by atoms with E-state index in [1.807, 2.05) is 24.3 Å². The number of para-hydroxylation sites is 1. The smallest absolute Gasteiger partial charge is 0.136 e. The molecule has 9 aromatic carbocycles. The van der Waals surface area contributed by atoms with Crippen LogP contribution in [0.4, 0.5) is 11.4 Å². The Morgan fingerprint density at radius 1 is 0.424 bits per heavy atom. The van der Waals surface area contributed by atoms with Gasteiger partial charge in [-0.1, -0.05) is 140 Å². The number of hydrogen-bond acceptors (Lipinski definition) is 3. The Balaban J connectivity index is 1.06. The molecule has 0 saturated carbocycles. The molecule has 0 aliphatic rings. The average Bonchev–Trinajstić information content (AvgIpc) is 3.84. The van der Waals surface area contributed by atoms with Gasteiger partial charge in [0, 0.05) is 38.6 Å². The van der Waals surface area contributed by atoms with Gasteiger partial charge in [0.1, 0.15) is 22.3 Å². The zero-order valence-corrected chi connectivity index (χ0v) is 32.2. The molecule has 0 saturated heterocycles. The van der Waals surface area contributed by atoms with E-state index in [1.54, 1.807) is 0 Å². The van der Waals surface area contributed by atoms with Gasteiger partial charge in [-0.25, -0.2) is 0 Å². The van der Waals surface area contributed by atoms with Crippen molar-refractivity contribution >= 4 is 82.9 Å². The van der Waals surface area contributed by atoms with Crippen molar-refractivity contribution in [2.75, 3.05) is 4.90 Å². The minimum atomic E-state index is 0.867. The van der Waals surface area contributed by atoms with Crippen molar-refractivity contribution in [1.82, 2.24) is 0 Å². The first-order valence-corrected chi connectivity index (χ1v) is 19.9. The molecule has 0 N–H and O–H groups in total. The standard InChI is InChI=1S/C56H37NO2/c1-2-3-17-45(31-37-23-30-54-51(32-37)52-34-40-13-4-5-14-41(40)35-56(52)59-54)57(46-18-10-16-43(33-46)48-21-11-15-39-12-6-7-19-47(39)48)44-27-24-38(25-28-44)42-26-29-50-49-20-8-9-22-53(49)58-55(50)36-42/h2-36H,1H2/b17-3-,45-31-. The molecule has 59 heavy (non-hydrogen) atoms. The number of rotatable bonds is 8. The number of hydrogen-bond donors (Lipinski definition) is 0. The molecular formula is C56H37NO2. The number of allylic oxidation sites excluding steroid dienone is 3. The lowest BCUT2D eigenvalue weighted by Crippen LogP contribution is -2.15. The Labute approximate surface area is 341 Å². The van der Waals surface area contributed by atoms with Crippen LogP contribution in [0.5, 0.6) is 0 Å². The summed E-state index contributed by atoms with van der Waals surface area (Å²) in [4.78, 5) is 2.33. The van der Waals surface area contributed by atoms with Crippen molar-refractivity contribution in [1.29, 1.82) is 0 Å². The predicted octanol–water partition coefficient (Wildman–Crippen LogP) is 16.0. The topological polar surface area (TPSA) is 29.5 Å². The van der Waals surface area contributed by atoms with Crippen LogP contribution in [-0.4, -0.2) is 0 Å². The van der Waals surface area contributed by atoms with Crippen molar-refractivity contribution in [2.45, 2.75) is 0 Å². The van der Waals surface area contributed by atoms with Crippen LogP contribution in [0.2, 0.25) is 0 Å². The van der Waals surface area contributed by atoms with Gasteiger partial charge in [0.2, 0.25) is 0 Å². The lowest BCUT2D eigenvalue weighted by atomic mass is 9.97. The number of nitrogens with zero attached hydrogens (tertiary/aromatic N) is 1. The van der Waals surface area contributed by atoms with Crippen molar-refractivity contribution in [2.24, 2.45) is 0 Å². The lowest BCUT2D eigenvalue weighted by Gasteiger charge is -2.27. The third-order valence-corrected chi connectivity index (χ3v) is 11.4. The van der Waals surface area contributed by atoms with Crippen LogP contribution in [0.3, 0.4) is 0 Å². The minimum Gasteiger partial charge on any atom is -0.456 e. The highest BCUT2D eigenvalue weighted by atomic mass is 16.3. The summed E-state index contributed by atoms with van der Waals surface area (Å²) in [5, 5.41) is 9.24. The fraction of sp³-hybridized carbons (Fsp3) is 0. The summed E-state index contributed by atoms with van der Waals surface area (Å²) in [6.07, 6.45) is 8.20. The maximum atomic E-state index is 6.38. The highest BCUT2D eigenvalue weighted by molar-refractivity contribution is 6.11. The monoisotopic (exact) mass is 755 g/mol. The maximum Gasteiger partial charge on any atom is 0.136 e. The normalized spacial score (nSPS) is 12.2. The lowest BCUT2D eigenvalue weighted by molar-refractivity contribution is 0.669. The summed E-state index contributed by atoms with van der Waals surface area (Å²) in [6.45, 7) is 4.05. The van der Waals surface area contributed by atoms with E-state index in [0.717, 1.165) is 83.2 Å². The SMILES string of the molecule is C=C/C=C\C(=C\c1ccc2oc3cc4ccccc4cc3c2c1)N(c1ccc(-c2ccc3c(c2)oc2ccccc23)cc1)c1cccc(-c2cccc3ccccc23)c1. The molecule has 0 fully saturated rings. The molecule has 278 valence electrons. The minimum absolute atomic E-state index is 0.867. The van der Waals surface area contributed by atoms with E-state index in [9.17, 15) is 0 Å². The van der Waals surface area contributed by atoms with Gasteiger partial charge in [0.05, 0.1) is 0 Å². The van der Waals surface area contributed by atoms with Gasteiger partial charge in [-0.3, -0.25) is 0 Å². The van der Waals surface area contributed by atoms with Crippen molar-refractivity contribution in [3.05, 3.63) is 224 Å². The molecule has 0 aliphatic carbocycles. The number of benzene rings is 9. The van der Waals surface area contributed by atoms with E-state index < -0.39 is 0 Å². The second-order valence-corrected chi connectivity index (χ2v) is 15.0. The van der Waals surface area contributed by atoms with Gasteiger partial charge in [-0.05, 0) is 128 Å². The second kappa shape index (κ2) is 14.3. The van der Waals surface area contributed by atoms with Crippen molar-refractivity contribution in [3.63, 3.8) is 0 Å². The van der Waals surface area contributed by atoms with Gasteiger partial charge in [0.15, 0.2) is 0 Å². The number of fused-ring (bicyclic) bond motifs is 8. The Kier molecular flexibility index (Phi) is 8.30. The van der Waals surface area contributed by atoms with Crippen LogP contribution >= 0.6 is 0 Å². The van der Waals surface area contributed by atoms with Gasteiger partial charge in [-0.2, -0.15) is 0 Å². The molecule has 3 heteroatoms. The van der Waals surface area contributed by atoms with Crippen LogP contribution in [0.15, 0.2) is 227 Å². The van der Waals surface area contributed by atoms with E-state index in [0.29, 0.717) is 0 Å². The van der Waals surface area contributed by atoms with Crippen LogP contribution in [0, 0.1) is 0 Å². The molecule has 0 aliphatic heterocycles. The molecular weight excluding hydrogens is 719 g/mol. The number of anilines is 2. The molecule has 2 aromatic heterocycles. The van der Waals surface area contributed by atoms with Crippen molar-refractivity contribution in [3.8, 4) is 22.3 Å². The third kappa shape index (κ3) is 6.17. The van der Waals surface area contributed by atoms with Crippen LogP contribution in [0.1, 0.15) is 5.56 Å². The van der Waals surface area contributed by atoms with Gasteiger partial charge in [-0.15, -0.1) is 0 Å². The summed E-state index contributed by atoms with van der Waals surface area (Å²) in [5.41, 5.74) is 12.2. The molecule has 0 amide bonds. The maximum absolute atomic E-state index is 6.38.